The number of methoxy groups -OCH3 is 1. The third-order valence-corrected chi connectivity index (χ3v) is 6.03. The van der Waals surface area contributed by atoms with Crippen LogP contribution in [0.15, 0.2) is 90.6 Å². The monoisotopic (exact) mass is 544 g/mol. The van der Waals surface area contributed by atoms with Gasteiger partial charge in [0.05, 0.1) is 25.0 Å². The van der Waals surface area contributed by atoms with Gasteiger partial charge in [0.25, 0.3) is 5.91 Å². The van der Waals surface area contributed by atoms with E-state index in [4.69, 9.17) is 30.5 Å². The van der Waals surface area contributed by atoms with Crippen molar-refractivity contribution in [1.29, 1.82) is 0 Å². The molecule has 39 heavy (non-hydrogen) atoms. The van der Waals surface area contributed by atoms with Crippen LogP contribution in [0.5, 0.6) is 23.0 Å². The molecule has 4 aromatic carbocycles. The van der Waals surface area contributed by atoms with E-state index in [0.717, 1.165) is 16.3 Å². The van der Waals surface area contributed by atoms with Gasteiger partial charge in [-0.2, -0.15) is 5.10 Å². The smallest absolute Gasteiger partial charge is 0.271 e. The quantitative estimate of drug-likeness (QED) is 0.120. The molecule has 0 aliphatic rings. The molecule has 0 aromatic heterocycles. The number of nitrogens with one attached hydrogen (secondary N) is 1. The molecule has 0 atom stereocenters. The average molecular weight is 545 g/mol. The van der Waals surface area contributed by atoms with Crippen LogP contribution in [0.25, 0.3) is 10.8 Å². The van der Waals surface area contributed by atoms with Crippen molar-refractivity contribution in [3.05, 3.63) is 107 Å². The summed E-state index contributed by atoms with van der Waals surface area (Å²) in [6.07, 6.45) is 3.11. The summed E-state index contributed by atoms with van der Waals surface area (Å²) < 4.78 is 22.8. The van der Waals surface area contributed by atoms with Crippen molar-refractivity contribution in [2.75, 3.05) is 20.3 Å². The molecular formula is C31H29ClN2O5. The Balaban J connectivity index is 1.47. The number of nitrogens with zero attached hydrogens (tertiary/aromatic N) is 1. The maximum Gasteiger partial charge on any atom is 0.271 e. The van der Waals surface area contributed by atoms with Crippen molar-refractivity contribution in [2.45, 2.75) is 13.5 Å². The molecule has 0 bridgehead atoms. The predicted molar refractivity (Wildman–Crippen MR) is 155 cm³/mol. The van der Waals surface area contributed by atoms with Crippen LogP contribution >= 0.6 is 11.6 Å². The number of carbonyl (C=O) groups excluding carboxylic acids is 1. The van der Waals surface area contributed by atoms with Gasteiger partial charge in [0.2, 0.25) is 0 Å². The number of hydrogen-bond donors (Lipinski definition) is 1. The second kappa shape index (κ2) is 13.3. The summed E-state index contributed by atoms with van der Waals surface area (Å²) in [5.41, 5.74) is 4.54. The Hall–Kier alpha value is -4.49. The van der Waals surface area contributed by atoms with Gasteiger partial charge >= 0.3 is 0 Å². The second-order valence-electron chi connectivity index (χ2n) is 8.35. The van der Waals surface area contributed by atoms with E-state index in [1.807, 2.05) is 31.2 Å². The van der Waals surface area contributed by atoms with Gasteiger partial charge < -0.3 is 18.9 Å². The van der Waals surface area contributed by atoms with E-state index in [1.165, 1.54) is 13.3 Å². The number of amides is 1. The Labute approximate surface area is 232 Å². The average Bonchev–Trinajstić information content (AvgIpc) is 2.95. The molecular weight excluding hydrogens is 516 g/mol. The van der Waals surface area contributed by atoms with Gasteiger partial charge in [-0.25, -0.2) is 5.43 Å². The molecule has 0 aliphatic carbocycles. The summed E-state index contributed by atoms with van der Waals surface area (Å²) in [7, 11) is 1.51. The first kappa shape index (κ1) is 27.5. The zero-order chi connectivity index (χ0) is 27.6. The van der Waals surface area contributed by atoms with E-state index in [-0.39, 0.29) is 0 Å². The maximum absolute atomic E-state index is 12.6. The number of benzene rings is 4. The molecule has 0 saturated carbocycles. The Morgan fingerprint density at radius 3 is 2.59 bits per heavy atom. The SMILES string of the molecule is C=CCOc1ccc(C(=O)N/N=C/c2cc(Cl)c(OCc3cccc4ccccc34)c(OCC)c2)cc1OC. The maximum atomic E-state index is 12.6. The van der Waals surface area contributed by atoms with Crippen LogP contribution in [-0.2, 0) is 6.61 Å². The number of hydrogen-bond acceptors (Lipinski definition) is 6. The van der Waals surface area contributed by atoms with E-state index < -0.39 is 5.91 Å². The van der Waals surface area contributed by atoms with Crippen molar-refractivity contribution in [3.63, 3.8) is 0 Å². The van der Waals surface area contributed by atoms with Crippen LogP contribution in [0, 0.1) is 0 Å². The fourth-order valence-electron chi connectivity index (χ4n) is 3.94. The van der Waals surface area contributed by atoms with Crippen molar-refractivity contribution >= 4 is 34.5 Å². The van der Waals surface area contributed by atoms with E-state index in [2.05, 4.69) is 35.3 Å². The molecule has 4 aromatic rings. The molecule has 0 heterocycles. The molecule has 0 saturated heterocycles. The van der Waals surface area contributed by atoms with E-state index in [1.54, 1.807) is 36.4 Å². The highest BCUT2D eigenvalue weighted by molar-refractivity contribution is 6.32. The number of carbonyl (C=O) groups is 1. The van der Waals surface area contributed by atoms with Crippen LogP contribution in [0.3, 0.4) is 0 Å². The van der Waals surface area contributed by atoms with Crippen molar-refractivity contribution in [3.8, 4) is 23.0 Å². The molecule has 1 N–H and O–H groups in total. The Kier molecular flexibility index (Phi) is 9.43. The lowest BCUT2D eigenvalue weighted by Gasteiger charge is -2.15. The minimum atomic E-state index is -0.411. The number of hydrazone groups is 1. The van der Waals surface area contributed by atoms with Gasteiger partial charge in [0, 0.05) is 5.56 Å². The topological polar surface area (TPSA) is 78.4 Å². The van der Waals surface area contributed by atoms with Crippen LogP contribution in [0.1, 0.15) is 28.4 Å². The van der Waals surface area contributed by atoms with Crippen molar-refractivity contribution in [2.24, 2.45) is 5.10 Å². The Morgan fingerprint density at radius 1 is 0.974 bits per heavy atom. The molecule has 4 rings (SSSR count). The fourth-order valence-corrected chi connectivity index (χ4v) is 4.21. The van der Waals surface area contributed by atoms with Gasteiger partial charge in [0.15, 0.2) is 23.0 Å². The first-order chi connectivity index (χ1) is 19.0. The number of rotatable bonds is 12. The molecule has 7 nitrogen and oxygen atoms in total. The highest BCUT2D eigenvalue weighted by Gasteiger charge is 2.14. The minimum absolute atomic E-state index is 0.325. The van der Waals surface area contributed by atoms with Crippen LogP contribution in [0.4, 0.5) is 0 Å². The van der Waals surface area contributed by atoms with E-state index >= 15 is 0 Å². The predicted octanol–water partition coefficient (Wildman–Crippen LogP) is 6.81. The molecule has 1 amide bonds. The van der Waals surface area contributed by atoms with Crippen LogP contribution in [-0.4, -0.2) is 32.4 Å². The zero-order valence-electron chi connectivity index (χ0n) is 21.8. The summed E-state index contributed by atoms with van der Waals surface area (Å²) in [5.74, 6) is 1.46. The summed E-state index contributed by atoms with van der Waals surface area (Å²) in [4.78, 5) is 12.6. The Morgan fingerprint density at radius 2 is 1.79 bits per heavy atom. The third kappa shape index (κ3) is 6.89. The van der Waals surface area contributed by atoms with Gasteiger partial charge in [-0.1, -0.05) is 66.7 Å². The van der Waals surface area contributed by atoms with Crippen LogP contribution in [0.2, 0.25) is 5.02 Å². The number of fused-ring (bicyclic) bond motifs is 1. The molecule has 0 unspecified atom stereocenters. The minimum Gasteiger partial charge on any atom is -0.493 e. The first-order valence-electron chi connectivity index (χ1n) is 12.3. The summed E-state index contributed by atoms with van der Waals surface area (Å²) >= 11 is 6.59. The summed E-state index contributed by atoms with van der Waals surface area (Å²) in [5, 5.41) is 6.70. The number of ether oxygens (including phenoxy) is 4. The van der Waals surface area contributed by atoms with E-state index in [0.29, 0.717) is 59.0 Å². The lowest BCUT2D eigenvalue weighted by molar-refractivity contribution is 0.0954. The lowest BCUT2D eigenvalue weighted by atomic mass is 10.1. The van der Waals surface area contributed by atoms with Crippen molar-refractivity contribution < 1.29 is 23.7 Å². The van der Waals surface area contributed by atoms with Gasteiger partial charge in [0.1, 0.15) is 13.2 Å². The van der Waals surface area contributed by atoms with Crippen LogP contribution < -0.4 is 24.4 Å². The largest absolute Gasteiger partial charge is 0.493 e. The third-order valence-electron chi connectivity index (χ3n) is 5.75. The first-order valence-corrected chi connectivity index (χ1v) is 12.7. The molecule has 8 heteroatoms. The van der Waals surface area contributed by atoms with Gasteiger partial charge in [-0.3, -0.25) is 4.79 Å². The standard InChI is InChI=1S/C31H29ClN2O5/c1-4-15-38-27-14-13-23(18-28(27)36-3)31(35)34-33-19-21-16-26(32)30(29(17-21)37-5-2)39-20-24-11-8-10-22-9-6-7-12-25(22)24/h4,6-14,16-19H,1,5,15,20H2,2-3H3,(H,34,35)/b33-19+. The molecule has 200 valence electrons. The normalized spacial score (nSPS) is 10.8. The molecule has 0 aliphatic heterocycles. The fraction of sp³-hybridized carbons (Fsp3) is 0.161. The lowest BCUT2D eigenvalue weighted by Crippen LogP contribution is -2.17. The molecule has 0 fully saturated rings. The summed E-state index contributed by atoms with van der Waals surface area (Å²) in [6, 6.07) is 22.6. The highest BCUT2D eigenvalue weighted by Crippen LogP contribution is 2.37. The molecule has 0 radical (unpaired) electrons. The Bertz CT molecular complexity index is 1500. The van der Waals surface area contributed by atoms with Crippen molar-refractivity contribution in [1.82, 2.24) is 5.43 Å². The number of halogens is 1. The summed E-state index contributed by atoms with van der Waals surface area (Å²) in [6.45, 7) is 6.58. The zero-order valence-corrected chi connectivity index (χ0v) is 22.5. The van der Waals surface area contributed by atoms with Gasteiger partial charge in [-0.05, 0) is 59.2 Å². The van der Waals surface area contributed by atoms with Gasteiger partial charge in [-0.15, -0.1) is 0 Å². The molecule has 0 spiro atoms. The van der Waals surface area contributed by atoms with E-state index in [9.17, 15) is 4.79 Å². The second-order valence-corrected chi connectivity index (χ2v) is 8.76. The highest BCUT2D eigenvalue weighted by atomic mass is 35.5.